The highest BCUT2D eigenvalue weighted by Gasteiger charge is 2.45. The number of hydrogen-bond acceptors (Lipinski definition) is 2. The number of fused-ring (bicyclic) bond motifs is 5. The molecule has 3 aliphatic rings. The predicted molar refractivity (Wildman–Crippen MR) is 264 cm³/mol. The van der Waals surface area contributed by atoms with Crippen LogP contribution in [0.15, 0.2) is 146 Å². The summed E-state index contributed by atoms with van der Waals surface area (Å²) in [6, 6.07) is 55.0. The minimum Gasteiger partial charge on any atom is -0.355 e. The first-order chi connectivity index (χ1) is 29.4. The standard InChI is InChI=1S/C58H59BN2/c1-8-9-12-20-38-31-45(44-25-17-18-28-51(44)60-43-34-41(39-21-13-10-14-22-39)33-42(35-43)40-23-15-11-16-24-40)54-53(32-38)61-52-37-48-47(56(2,3)29-30-57(48,4)5)36-49(52)58(6,7)46-26-19-27-50(59-54)55(46)61/h10-11,13-19,21-28,31-37,59-60H,8-9,12,20,29-30H2,1-7H3. The monoisotopic (exact) mass is 794 g/mol. The third-order valence-electron chi connectivity index (χ3n) is 14.5. The number of hydrogen-bond donors (Lipinski definition) is 1. The summed E-state index contributed by atoms with van der Waals surface area (Å²) in [6.45, 7) is 17.1. The second-order valence-electron chi connectivity index (χ2n) is 19.9. The van der Waals surface area contributed by atoms with E-state index in [4.69, 9.17) is 0 Å². The molecule has 0 fully saturated rings. The third kappa shape index (κ3) is 6.82. The molecule has 0 aromatic heterocycles. The van der Waals surface area contributed by atoms with Crippen LogP contribution in [0, 0.1) is 0 Å². The lowest BCUT2D eigenvalue weighted by atomic mass is 9.55. The van der Waals surface area contributed by atoms with Crippen molar-refractivity contribution in [1.29, 1.82) is 0 Å². The number of nitrogens with zero attached hydrogens (tertiary/aromatic N) is 1. The second kappa shape index (κ2) is 15.0. The summed E-state index contributed by atoms with van der Waals surface area (Å²) in [5, 5.41) is 4.00. The number of unbranched alkanes of at least 4 members (excludes halogenated alkanes) is 2. The molecule has 10 rings (SSSR count). The first-order valence-electron chi connectivity index (χ1n) is 22.8. The largest absolute Gasteiger partial charge is 0.355 e. The Labute approximate surface area is 365 Å². The lowest BCUT2D eigenvalue weighted by molar-refractivity contribution is 0.331. The van der Waals surface area contributed by atoms with Gasteiger partial charge >= 0.3 is 0 Å². The molecule has 0 bridgehead atoms. The molecule has 61 heavy (non-hydrogen) atoms. The first-order valence-corrected chi connectivity index (χ1v) is 22.8. The molecule has 304 valence electrons. The Kier molecular flexibility index (Phi) is 9.66. The molecular weight excluding hydrogens is 735 g/mol. The summed E-state index contributed by atoms with van der Waals surface area (Å²) < 4.78 is 0. The van der Waals surface area contributed by atoms with E-state index in [9.17, 15) is 0 Å². The van der Waals surface area contributed by atoms with Crippen molar-refractivity contribution in [3.8, 4) is 33.4 Å². The topological polar surface area (TPSA) is 15.3 Å². The highest BCUT2D eigenvalue weighted by molar-refractivity contribution is 6.73. The van der Waals surface area contributed by atoms with E-state index in [1.165, 1.54) is 121 Å². The number of aryl methyl sites for hydroxylation is 1. The van der Waals surface area contributed by atoms with E-state index in [2.05, 4.69) is 204 Å². The number of benzene rings is 7. The Bertz CT molecular complexity index is 2740. The van der Waals surface area contributed by atoms with Crippen LogP contribution in [0.1, 0.15) is 108 Å². The molecule has 2 nitrogen and oxygen atoms in total. The molecule has 7 aromatic carbocycles. The van der Waals surface area contributed by atoms with E-state index in [0.29, 0.717) is 0 Å². The molecular formula is C58H59BN2. The molecule has 7 aromatic rings. The molecule has 0 saturated carbocycles. The van der Waals surface area contributed by atoms with E-state index in [0.717, 1.165) is 25.1 Å². The van der Waals surface area contributed by atoms with Crippen molar-refractivity contribution in [2.45, 2.75) is 103 Å². The van der Waals surface area contributed by atoms with Gasteiger partial charge < -0.3 is 10.2 Å². The van der Waals surface area contributed by atoms with Gasteiger partial charge in [-0.3, -0.25) is 0 Å². The average Bonchev–Trinajstić information content (AvgIpc) is 3.27. The Morgan fingerprint density at radius 3 is 1.85 bits per heavy atom. The van der Waals surface area contributed by atoms with Crippen molar-refractivity contribution >= 4 is 46.6 Å². The third-order valence-corrected chi connectivity index (χ3v) is 14.5. The summed E-state index contributed by atoms with van der Waals surface area (Å²) in [5.74, 6) is 0. The maximum absolute atomic E-state index is 4.00. The highest BCUT2D eigenvalue weighted by atomic mass is 15.2. The van der Waals surface area contributed by atoms with Crippen molar-refractivity contribution in [3.63, 3.8) is 0 Å². The van der Waals surface area contributed by atoms with Gasteiger partial charge in [0.05, 0.1) is 5.69 Å². The summed E-state index contributed by atoms with van der Waals surface area (Å²) in [7, 11) is 0.893. The fourth-order valence-corrected chi connectivity index (χ4v) is 10.8. The van der Waals surface area contributed by atoms with Gasteiger partial charge in [-0.15, -0.1) is 0 Å². The molecule has 0 unspecified atom stereocenters. The van der Waals surface area contributed by atoms with Crippen LogP contribution in [0.25, 0.3) is 33.4 Å². The first kappa shape index (κ1) is 39.3. The fourth-order valence-electron chi connectivity index (χ4n) is 10.8. The zero-order valence-corrected chi connectivity index (χ0v) is 37.3. The van der Waals surface area contributed by atoms with Gasteiger partial charge in [-0.25, -0.2) is 0 Å². The molecule has 1 N–H and O–H groups in total. The average molecular weight is 795 g/mol. The van der Waals surface area contributed by atoms with Crippen LogP contribution in [0.5, 0.6) is 0 Å². The second-order valence-corrected chi connectivity index (χ2v) is 19.9. The fraction of sp³-hybridized carbons (Fsp3) is 0.276. The van der Waals surface area contributed by atoms with Gasteiger partial charge in [-0.2, -0.15) is 0 Å². The minimum atomic E-state index is -0.133. The lowest BCUT2D eigenvalue weighted by Crippen LogP contribution is -2.46. The van der Waals surface area contributed by atoms with Crippen molar-refractivity contribution in [3.05, 3.63) is 173 Å². The van der Waals surface area contributed by atoms with E-state index >= 15 is 0 Å². The van der Waals surface area contributed by atoms with Gasteiger partial charge in [0.25, 0.3) is 0 Å². The minimum absolute atomic E-state index is 0.110. The quantitative estimate of drug-likeness (QED) is 0.116. The number of nitrogens with one attached hydrogen (secondary N) is 1. The molecule has 0 atom stereocenters. The van der Waals surface area contributed by atoms with Crippen LogP contribution < -0.4 is 21.1 Å². The van der Waals surface area contributed by atoms with E-state index < -0.39 is 0 Å². The van der Waals surface area contributed by atoms with Crippen LogP contribution in [-0.4, -0.2) is 7.28 Å². The van der Waals surface area contributed by atoms with E-state index in [1.807, 2.05) is 0 Å². The molecule has 2 aliphatic heterocycles. The van der Waals surface area contributed by atoms with Crippen molar-refractivity contribution in [1.82, 2.24) is 0 Å². The van der Waals surface area contributed by atoms with E-state index in [1.54, 1.807) is 0 Å². The summed E-state index contributed by atoms with van der Waals surface area (Å²) >= 11 is 0. The van der Waals surface area contributed by atoms with Gasteiger partial charge in [0.1, 0.15) is 0 Å². The van der Waals surface area contributed by atoms with Crippen LogP contribution in [0.3, 0.4) is 0 Å². The number of para-hydroxylation sites is 2. The molecule has 0 spiro atoms. The zero-order chi connectivity index (χ0) is 42.1. The number of rotatable bonds is 9. The summed E-state index contributed by atoms with van der Waals surface area (Å²) in [4.78, 5) is 2.71. The number of anilines is 5. The maximum atomic E-state index is 4.00. The van der Waals surface area contributed by atoms with Crippen molar-refractivity contribution in [2.75, 3.05) is 10.2 Å². The van der Waals surface area contributed by atoms with Gasteiger partial charge in [-0.05, 0) is 134 Å². The van der Waals surface area contributed by atoms with Crippen LogP contribution >= 0.6 is 0 Å². The molecule has 3 heteroatoms. The molecule has 0 amide bonds. The molecule has 2 heterocycles. The Morgan fingerprint density at radius 2 is 1.18 bits per heavy atom. The Hall–Kier alpha value is -5.80. The van der Waals surface area contributed by atoms with Crippen LogP contribution in [0.2, 0.25) is 0 Å². The summed E-state index contributed by atoms with van der Waals surface area (Å²) in [5.41, 5.74) is 24.0. The smallest absolute Gasteiger partial charge is 0.198 e. The highest BCUT2D eigenvalue weighted by Crippen LogP contribution is 2.56. The summed E-state index contributed by atoms with van der Waals surface area (Å²) in [6.07, 6.45) is 7.10. The predicted octanol–water partition coefficient (Wildman–Crippen LogP) is 14.3. The SMILES string of the molecule is CCCCCc1cc(-c2ccccc2Nc2cc(-c3ccccc3)cc(-c3ccccc3)c2)c2c(c1)N1c3cc4c(cc3C(C)(C)c3cccc(c31)B2)C(C)(C)CCC4(C)C. The zero-order valence-electron chi connectivity index (χ0n) is 37.3. The van der Waals surface area contributed by atoms with Gasteiger partial charge in [0, 0.05) is 33.7 Å². The molecule has 0 radical (unpaired) electrons. The van der Waals surface area contributed by atoms with Crippen molar-refractivity contribution < 1.29 is 0 Å². The normalized spacial score (nSPS) is 16.1. The van der Waals surface area contributed by atoms with Gasteiger partial charge in [0.15, 0.2) is 7.28 Å². The van der Waals surface area contributed by atoms with Gasteiger partial charge in [-0.1, -0.05) is 176 Å². The van der Waals surface area contributed by atoms with Crippen LogP contribution in [0.4, 0.5) is 28.4 Å². The Balaban J connectivity index is 1.17. The van der Waals surface area contributed by atoms with Crippen LogP contribution in [-0.2, 0) is 22.7 Å². The molecule has 1 aliphatic carbocycles. The van der Waals surface area contributed by atoms with E-state index in [-0.39, 0.29) is 16.2 Å². The van der Waals surface area contributed by atoms with Crippen molar-refractivity contribution in [2.24, 2.45) is 0 Å². The lowest BCUT2D eigenvalue weighted by Gasteiger charge is -2.49. The Morgan fingerprint density at radius 1 is 0.541 bits per heavy atom. The van der Waals surface area contributed by atoms with Gasteiger partial charge in [0.2, 0.25) is 0 Å². The maximum Gasteiger partial charge on any atom is 0.198 e. The molecule has 0 saturated heterocycles.